The normalized spacial score (nSPS) is 11.8. The van der Waals surface area contributed by atoms with Crippen LogP contribution < -0.4 is 4.74 Å². The molecule has 3 heteroatoms. The summed E-state index contributed by atoms with van der Waals surface area (Å²) in [6.45, 7) is 2.64. The van der Waals surface area contributed by atoms with Gasteiger partial charge in [0.25, 0.3) is 0 Å². The summed E-state index contributed by atoms with van der Waals surface area (Å²) in [7, 11) is 0. The van der Waals surface area contributed by atoms with E-state index in [2.05, 4.69) is 48.5 Å². The Labute approximate surface area is 171 Å². The fourth-order valence-corrected chi connectivity index (χ4v) is 3.48. The van der Waals surface area contributed by atoms with Crippen LogP contribution in [0.3, 0.4) is 0 Å². The summed E-state index contributed by atoms with van der Waals surface area (Å²) in [5.74, 6) is 1.42. The van der Waals surface area contributed by atoms with Crippen LogP contribution in [0, 0.1) is 0 Å². The van der Waals surface area contributed by atoms with Crippen molar-refractivity contribution in [3.05, 3.63) is 101 Å². The van der Waals surface area contributed by atoms with Crippen molar-refractivity contribution < 1.29 is 4.74 Å². The maximum atomic E-state index is 6.18. The molecule has 0 aliphatic rings. The van der Waals surface area contributed by atoms with Crippen LogP contribution >= 0.6 is 23.2 Å². The minimum Gasteiger partial charge on any atom is -0.494 e. The molecule has 0 unspecified atom stereocenters. The molecule has 0 aliphatic carbocycles. The van der Waals surface area contributed by atoms with Gasteiger partial charge in [-0.3, -0.25) is 0 Å². The fourth-order valence-electron chi connectivity index (χ4n) is 3.16. The summed E-state index contributed by atoms with van der Waals surface area (Å²) >= 11 is 12.3. The van der Waals surface area contributed by atoms with Crippen LogP contribution in [-0.2, 0) is 0 Å². The molecule has 0 saturated carbocycles. The molecule has 0 amide bonds. The lowest BCUT2D eigenvalue weighted by Gasteiger charge is -2.17. The summed E-state index contributed by atoms with van der Waals surface area (Å²) in [5.41, 5.74) is 5.82. The van der Waals surface area contributed by atoms with E-state index in [-0.39, 0.29) is 0 Å². The highest BCUT2D eigenvalue weighted by Gasteiger charge is 2.14. The van der Waals surface area contributed by atoms with Crippen molar-refractivity contribution in [2.45, 2.75) is 13.3 Å². The number of alkyl halides is 1. The van der Waals surface area contributed by atoms with Crippen molar-refractivity contribution in [3.8, 4) is 5.75 Å². The first-order chi connectivity index (χ1) is 13.2. The summed E-state index contributed by atoms with van der Waals surface area (Å²) in [4.78, 5) is 0. The monoisotopic (exact) mass is 396 g/mol. The standard InChI is InChI=1S/C24H22Cl2O/c1-2-27-22-14-10-20(11-15-22)24(19-6-4-3-5-7-19)23(16-17-25)18-8-12-21(26)13-9-18/h3-15H,2,16-17H2,1H3. The number of hydrogen-bond acceptors (Lipinski definition) is 1. The lowest BCUT2D eigenvalue weighted by molar-refractivity contribution is 0.340. The van der Waals surface area contributed by atoms with E-state index in [0.29, 0.717) is 12.5 Å². The van der Waals surface area contributed by atoms with Gasteiger partial charge in [0, 0.05) is 10.9 Å². The van der Waals surface area contributed by atoms with E-state index in [1.807, 2.05) is 37.3 Å². The van der Waals surface area contributed by atoms with Crippen molar-refractivity contribution in [1.82, 2.24) is 0 Å². The molecule has 0 atom stereocenters. The maximum Gasteiger partial charge on any atom is 0.119 e. The zero-order chi connectivity index (χ0) is 19.1. The van der Waals surface area contributed by atoms with Gasteiger partial charge in [-0.2, -0.15) is 0 Å². The summed E-state index contributed by atoms with van der Waals surface area (Å²) in [6, 6.07) is 26.6. The second kappa shape index (κ2) is 9.64. The Morgan fingerprint density at radius 2 is 1.37 bits per heavy atom. The molecule has 0 fully saturated rings. The number of hydrogen-bond donors (Lipinski definition) is 0. The van der Waals surface area contributed by atoms with Crippen LogP contribution in [-0.4, -0.2) is 12.5 Å². The third kappa shape index (κ3) is 4.94. The highest BCUT2D eigenvalue weighted by atomic mass is 35.5. The molecule has 0 aromatic heterocycles. The van der Waals surface area contributed by atoms with E-state index in [4.69, 9.17) is 27.9 Å². The second-order valence-corrected chi connectivity index (χ2v) is 6.94. The Kier molecular flexibility index (Phi) is 6.98. The van der Waals surface area contributed by atoms with E-state index in [0.717, 1.165) is 33.9 Å². The van der Waals surface area contributed by atoms with E-state index < -0.39 is 0 Å². The molecule has 3 aromatic rings. The van der Waals surface area contributed by atoms with Gasteiger partial charge in [-0.15, -0.1) is 11.6 Å². The van der Waals surface area contributed by atoms with Crippen LogP contribution in [0.4, 0.5) is 0 Å². The smallest absolute Gasteiger partial charge is 0.119 e. The first-order valence-electron chi connectivity index (χ1n) is 9.06. The van der Waals surface area contributed by atoms with Gasteiger partial charge in [0.05, 0.1) is 6.61 Å². The zero-order valence-electron chi connectivity index (χ0n) is 15.3. The molecule has 0 radical (unpaired) electrons. The number of halogens is 2. The van der Waals surface area contributed by atoms with Gasteiger partial charge in [-0.1, -0.05) is 66.2 Å². The van der Waals surface area contributed by atoms with E-state index in [1.54, 1.807) is 0 Å². The van der Waals surface area contributed by atoms with Crippen LogP contribution in [0.1, 0.15) is 30.0 Å². The third-order valence-corrected chi connectivity index (χ3v) is 4.80. The molecule has 3 aromatic carbocycles. The lowest BCUT2D eigenvalue weighted by atomic mass is 9.88. The molecule has 0 aliphatic heterocycles. The van der Waals surface area contributed by atoms with E-state index in [9.17, 15) is 0 Å². The van der Waals surface area contributed by atoms with E-state index >= 15 is 0 Å². The molecule has 0 saturated heterocycles. The van der Waals surface area contributed by atoms with Gasteiger partial charge in [0.2, 0.25) is 0 Å². The average molecular weight is 397 g/mol. The molecule has 0 heterocycles. The van der Waals surface area contributed by atoms with E-state index in [1.165, 1.54) is 11.1 Å². The summed E-state index contributed by atoms with van der Waals surface area (Å²) in [5, 5.41) is 0.728. The van der Waals surface area contributed by atoms with Crippen molar-refractivity contribution in [2.24, 2.45) is 0 Å². The largest absolute Gasteiger partial charge is 0.494 e. The average Bonchev–Trinajstić information content (AvgIpc) is 2.71. The molecule has 27 heavy (non-hydrogen) atoms. The maximum absolute atomic E-state index is 6.18. The predicted octanol–water partition coefficient (Wildman–Crippen LogP) is 7.33. The topological polar surface area (TPSA) is 9.23 Å². The quantitative estimate of drug-likeness (QED) is 0.300. The number of allylic oxidation sites excluding steroid dienone is 1. The molecule has 0 spiro atoms. The van der Waals surface area contributed by atoms with Crippen molar-refractivity contribution in [1.29, 1.82) is 0 Å². The minimum atomic E-state index is 0.547. The fraction of sp³-hybridized carbons (Fsp3) is 0.167. The summed E-state index contributed by atoms with van der Waals surface area (Å²) in [6.07, 6.45) is 0.765. The SMILES string of the molecule is CCOc1ccc(C(=C(CCCl)c2ccc(Cl)cc2)c2ccccc2)cc1. The van der Waals surface area contributed by atoms with Crippen LogP contribution in [0.15, 0.2) is 78.9 Å². The van der Waals surface area contributed by atoms with Gasteiger partial charge < -0.3 is 4.74 Å². The van der Waals surface area contributed by atoms with Gasteiger partial charge >= 0.3 is 0 Å². The molecule has 3 rings (SSSR count). The first-order valence-corrected chi connectivity index (χ1v) is 9.98. The minimum absolute atomic E-state index is 0.547. The first kappa shape index (κ1) is 19.5. The Balaban J connectivity index is 2.19. The predicted molar refractivity (Wildman–Crippen MR) is 117 cm³/mol. The lowest BCUT2D eigenvalue weighted by Crippen LogP contribution is -1.97. The van der Waals surface area contributed by atoms with Crippen LogP contribution in [0.2, 0.25) is 5.02 Å². The zero-order valence-corrected chi connectivity index (χ0v) is 16.8. The second-order valence-electron chi connectivity index (χ2n) is 6.12. The Bertz CT molecular complexity index is 882. The van der Waals surface area contributed by atoms with Crippen molar-refractivity contribution >= 4 is 34.3 Å². The molecule has 0 bridgehead atoms. The highest BCUT2D eigenvalue weighted by molar-refractivity contribution is 6.30. The number of benzene rings is 3. The van der Waals surface area contributed by atoms with Crippen LogP contribution in [0.5, 0.6) is 5.75 Å². The van der Waals surface area contributed by atoms with Crippen molar-refractivity contribution in [3.63, 3.8) is 0 Å². The Morgan fingerprint density at radius 3 is 1.96 bits per heavy atom. The molecular formula is C24H22Cl2O. The van der Waals surface area contributed by atoms with Gasteiger partial charge in [0.15, 0.2) is 0 Å². The number of rotatable bonds is 7. The Hall–Kier alpha value is -2.22. The Morgan fingerprint density at radius 1 is 0.778 bits per heavy atom. The van der Waals surface area contributed by atoms with Gasteiger partial charge in [-0.25, -0.2) is 0 Å². The molecule has 1 nitrogen and oxygen atoms in total. The molecular weight excluding hydrogens is 375 g/mol. The summed E-state index contributed by atoms with van der Waals surface area (Å²) < 4.78 is 5.60. The molecule has 0 N–H and O–H groups in total. The highest BCUT2D eigenvalue weighted by Crippen LogP contribution is 2.35. The van der Waals surface area contributed by atoms with Gasteiger partial charge in [0.1, 0.15) is 5.75 Å². The third-order valence-electron chi connectivity index (χ3n) is 4.36. The van der Waals surface area contributed by atoms with Crippen molar-refractivity contribution in [2.75, 3.05) is 12.5 Å². The van der Waals surface area contributed by atoms with Gasteiger partial charge in [-0.05, 0) is 65.4 Å². The van der Waals surface area contributed by atoms with Crippen LogP contribution in [0.25, 0.3) is 11.1 Å². The molecule has 138 valence electrons. The number of ether oxygens (including phenoxy) is 1.